The maximum Gasteiger partial charge on any atom is 0.186 e. The molecule has 0 N–H and O–H groups in total. The van der Waals surface area contributed by atoms with E-state index in [2.05, 4.69) is 54.6 Å². The van der Waals surface area contributed by atoms with Gasteiger partial charge in [-0.2, -0.15) is 0 Å². The lowest BCUT2D eigenvalue weighted by Crippen LogP contribution is -1.98. The minimum Gasteiger partial charge on any atom is -0.456 e. The Morgan fingerprint density at radius 2 is 1.12 bits per heavy atom. The maximum atomic E-state index is 12.3. The van der Waals surface area contributed by atoms with Crippen molar-refractivity contribution in [3.05, 3.63) is 131 Å². The van der Waals surface area contributed by atoms with Crippen LogP contribution in [-0.2, 0) is 4.74 Å². The Labute approximate surface area is 185 Å². The van der Waals surface area contributed by atoms with E-state index in [1.165, 1.54) is 28.5 Å². The van der Waals surface area contributed by atoms with Gasteiger partial charge >= 0.3 is 0 Å². The van der Waals surface area contributed by atoms with Crippen LogP contribution in [0.2, 0.25) is 0 Å². The van der Waals surface area contributed by atoms with Gasteiger partial charge in [0.15, 0.2) is 5.43 Å². The van der Waals surface area contributed by atoms with Crippen molar-refractivity contribution in [1.29, 1.82) is 0 Å². The Hall–Kier alpha value is -3.95. The molecule has 6 rings (SSSR count). The van der Waals surface area contributed by atoms with Gasteiger partial charge in [0.05, 0.1) is 0 Å². The van der Waals surface area contributed by atoms with Gasteiger partial charge in [-0.3, -0.25) is 4.79 Å². The normalized spacial score (nSPS) is 17.4. The molecule has 0 amide bonds. The van der Waals surface area contributed by atoms with Gasteiger partial charge in [0.1, 0.15) is 23.7 Å². The summed E-state index contributed by atoms with van der Waals surface area (Å²) in [4.78, 5) is 12.3. The lowest BCUT2D eigenvalue weighted by atomic mass is 10.00. The van der Waals surface area contributed by atoms with Gasteiger partial charge in [0.25, 0.3) is 0 Å². The number of hydrogen-bond donors (Lipinski definition) is 0. The summed E-state index contributed by atoms with van der Waals surface area (Å²) in [6.45, 7) is 0. The molecule has 2 heterocycles. The number of hydrogen-bond acceptors (Lipinski definition) is 3. The molecule has 5 aromatic rings. The average molecular weight is 416 g/mol. The van der Waals surface area contributed by atoms with E-state index >= 15 is 0 Å². The zero-order valence-electron chi connectivity index (χ0n) is 17.3. The van der Waals surface area contributed by atoms with Gasteiger partial charge in [0.2, 0.25) is 0 Å². The average Bonchev–Trinajstić information content (AvgIpc) is 3.65. The number of epoxide rings is 1. The number of rotatable bonds is 4. The first-order valence-electron chi connectivity index (χ1n) is 10.7. The summed E-state index contributed by atoms with van der Waals surface area (Å²) in [7, 11) is 0. The molecule has 0 spiro atoms. The molecule has 0 bridgehead atoms. The fourth-order valence-corrected chi connectivity index (χ4v) is 4.21. The smallest absolute Gasteiger partial charge is 0.186 e. The highest BCUT2D eigenvalue weighted by Gasteiger charge is 2.41. The third-order valence-electron chi connectivity index (χ3n) is 5.94. The summed E-state index contributed by atoms with van der Waals surface area (Å²) < 4.78 is 12.1. The minimum absolute atomic E-state index is 0.0490. The highest BCUT2D eigenvalue weighted by Crippen LogP contribution is 2.51. The van der Waals surface area contributed by atoms with Crippen molar-refractivity contribution in [2.24, 2.45) is 0 Å². The SMILES string of the molecule is O=c1cc(-c2ccccc2)oc(-c2ccc(C3OC3c3ccc4ccccc4c3)cc2)c1. The van der Waals surface area contributed by atoms with Crippen molar-refractivity contribution >= 4 is 10.8 Å². The van der Waals surface area contributed by atoms with Crippen LogP contribution in [0.3, 0.4) is 0 Å². The van der Waals surface area contributed by atoms with Gasteiger partial charge in [-0.25, -0.2) is 0 Å². The maximum absolute atomic E-state index is 12.3. The Kier molecular flexibility index (Phi) is 4.48. The molecule has 0 aliphatic carbocycles. The Balaban J connectivity index is 1.25. The van der Waals surface area contributed by atoms with Crippen LogP contribution < -0.4 is 5.43 Å². The van der Waals surface area contributed by atoms with E-state index in [0.29, 0.717) is 11.5 Å². The third-order valence-corrected chi connectivity index (χ3v) is 5.94. The minimum atomic E-state index is -0.0731. The molecular formula is C29H20O3. The fourth-order valence-electron chi connectivity index (χ4n) is 4.21. The molecule has 32 heavy (non-hydrogen) atoms. The van der Waals surface area contributed by atoms with Crippen LogP contribution in [0.4, 0.5) is 0 Å². The zero-order chi connectivity index (χ0) is 21.5. The van der Waals surface area contributed by atoms with Crippen LogP contribution in [0.5, 0.6) is 0 Å². The molecule has 3 heteroatoms. The predicted molar refractivity (Wildman–Crippen MR) is 126 cm³/mol. The van der Waals surface area contributed by atoms with E-state index in [4.69, 9.17) is 9.15 Å². The highest BCUT2D eigenvalue weighted by atomic mass is 16.6. The standard InChI is InChI=1S/C29H20O3/c30-25-17-26(20-7-2-1-3-8-20)31-27(18-25)21-11-13-22(14-12-21)28-29(32-28)24-15-10-19-6-4-5-9-23(19)16-24/h1-18,28-29H. The number of fused-ring (bicyclic) bond motifs is 1. The third kappa shape index (κ3) is 3.53. The number of ether oxygens (including phenoxy) is 1. The molecule has 4 aromatic carbocycles. The monoisotopic (exact) mass is 416 g/mol. The molecule has 1 saturated heterocycles. The second-order valence-electron chi connectivity index (χ2n) is 8.09. The Morgan fingerprint density at radius 3 is 1.88 bits per heavy atom. The van der Waals surface area contributed by atoms with E-state index < -0.39 is 0 Å². The first-order chi connectivity index (χ1) is 15.7. The lowest BCUT2D eigenvalue weighted by molar-refractivity contribution is 0.378. The van der Waals surface area contributed by atoms with E-state index in [9.17, 15) is 4.79 Å². The molecule has 0 radical (unpaired) electrons. The van der Waals surface area contributed by atoms with Crippen LogP contribution in [0.25, 0.3) is 33.4 Å². The van der Waals surface area contributed by atoms with Crippen LogP contribution in [0.1, 0.15) is 23.3 Å². The topological polar surface area (TPSA) is 42.7 Å². The molecular weight excluding hydrogens is 396 g/mol. The Bertz CT molecular complexity index is 1470. The summed E-state index contributed by atoms with van der Waals surface area (Å²) in [5.74, 6) is 1.13. The second kappa shape index (κ2) is 7.63. The first-order valence-corrected chi connectivity index (χ1v) is 10.7. The van der Waals surface area contributed by atoms with Gasteiger partial charge < -0.3 is 9.15 Å². The van der Waals surface area contributed by atoms with E-state index in [0.717, 1.165) is 16.7 Å². The van der Waals surface area contributed by atoms with Crippen LogP contribution >= 0.6 is 0 Å². The molecule has 1 aliphatic heterocycles. The summed E-state index contributed by atoms with van der Waals surface area (Å²) in [6.07, 6.45) is 0.123. The van der Waals surface area contributed by atoms with Gasteiger partial charge in [0, 0.05) is 23.3 Å². The predicted octanol–water partition coefficient (Wildman–Crippen LogP) is 6.94. The molecule has 154 valence electrons. The molecule has 0 saturated carbocycles. The second-order valence-corrected chi connectivity index (χ2v) is 8.09. The van der Waals surface area contributed by atoms with Crippen molar-refractivity contribution in [1.82, 2.24) is 0 Å². The van der Waals surface area contributed by atoms with Crippen LogP contribution in [0.15, 0.2) is 118 Å². The molecule has 1 aromatic heterocycles. The van der Waals surface area contributed by atoms with Crippen molar-refractivity contribution < 1.29 is 9.15 Å². The van der Waals surface area contributed by atoms with Gasteiger partial charge in [-0.15, -0.1) is 0 Å². The van der Waals surface area contributed by atoms with Gasteiger partial charge in [-0.1, -0.05) is 91.0 Å². The Morgan fingerprint density at radius 1 is 0.531 bits per heavy atom. The van der Waals surface area contributed by atoms with E-state index in [1.54, 1.807) is 0 Å². The van der Waals surface area contributed by atoms with E-state index in [-0.39, 0.29) is 17.6 Å². The molecule has 3 nitrogen and oxygen atoms in total. The van der Waals surface area contributed by atoms with Crippen molar-refractivity contribution in [2.45, 2.75) is 12.2 Å². The van der Waals surface area contributed by atoms with E-state index in [1.807, 2.05) is 42.5 Å². The highest BCUT2D eigenvalue weighted by molar-refractivity contribution is 5.83. The summed E-state index contributed by atoms with van der Waals surface area (Å²) in [5.41, 5.74) is 3.99. The molecule has 2 atom stereocenters. The van der Waals surface area contributed by atoms with Crippen molar-refractivity contribution in [2.75, 3.05) is 0 Å². The largest absolute Gasteiger partial charge is 0.456 e. The van der Waals surface area contributed by atoms with Crippen molar-refractivity contribution in [3.8, 4) is 22.6 Å². The summed E-state index contributed by atoms with van der Waals surface area (Å²) in [5, 5.41) is 2.46. The molecule has 1 fully saturated rings. The van der Waals surface area contributed by atoms with Crippen LogP contribution in [-0.4, -0.2) is 0 Å². The van der Waals surface area contributed by atoms with Crippen molar-refractivity contribution in [3.63, 3.8) is 0 Å². The summed E-state index contributed by atoms with van der Waals surface area (Å²) in [6, 6.07) is 35.7. The quantitative estimate of drug-likeness (QED) is 0.298. The summed E-state index contributed by atoms with van der Waals surface area (Å²) >= 11 is 0. The fraction of sp³-hybridized carbons (Fsp3) is 0.0690. The number of benzene rings is 4. The van der Waals surface area contributed by atoms with Crippen LogP contribution in [0, 0.1) is 0 Å². The first kappa shape index (κ1) is 18.8. The molecule has 2 unspecified atom stereocenters. The zero-order valence-corrected chi connectivity index (χ0v) is 17.3. The van der Waals surface area contributed by atoms with Gasteiger partial charge in [-0.05, 0) is 28.0 Å². The lowest BCUT2D eigenvalue weighted by Gasteiger charge is -2.06. The molecule has 1 aliphatic rings.